The van der Waals surface area contributed by atoms with Crippen LogP contribution in [-0.2, 0) is 14.3 Å². The lowest BCUT2D eigenvalue weighted by Gasteiger charge is -2.27. The van der Waals surface area contributed by atoms with Crippen molar-refractivity contribution < 1.29 is 14.3 Å². The van der Waals surface area contributed by atoms with Gasteiger partial charge in [-0.15, -0.1) is 0 Å². The van der Waals surface area contributed by atoms with E-state index in [0.717, 1.165) is 19.6 Å². The Kier molecular flexibility index (Phi) is 4.47. The van der Waals surface area contributed by atoms with Crippen LogP contribution >= 0.6 is 0 Å². The topological polar surface area (TPSA) is 38.8 Å². The fraction of sp³-hybridized carbons (Fsp3) is 0.917. The molecule has 0 bridgehead atoms. The van der Waals surface area contributed by atoms with Crippen molar-refractivity contribution in [2.45, 2.75) is 33.0 Å². The fourth-order valence-corrected chi connectivity index (χ4v) is 2.07. The molecule has 1 saturated heterocycles. The van der Waals surface area contributed by atoms with E-state index in [0.29, 0.717) is 0 Å². The second-order valence-electron chi connectivity index (χ2n) is 5.18. The van der Waals surface area contributed by atoms with Crippen molar-refractivity contribution in [2.24, 2.45) is 5.41 Å². The second-order valence-corrected chi connectivity index (χ2v) is 5.18. The lowest BCUT2D eigenvalue weighted by molar-refractivity contribution is -0.125. The molecule has 94 valence electrons. The molecule has 0 saturated carbocycles. The number of carbonyl (C=O) groups excluding carboxylic acids is 1. The van der Waals surface area contributed by atoms with Crippen molar-refractivity contribution in [3.63, 3.8) is 0 Å². The molecule has 2 unspecified atom stereocenters. The third-order valence-electron chi connectivity index (χ3n) is 3.47. The number of ether oxygens (including phenoxy) is 2. The summed E-state index contributed by atoms with van der Waals surface area (Å²) >= 11 is 0. The van der Waals surface area contributed by atoms with Crippen molar-refractivity contribution in [3.8, 4) is 0 Å². The van der Waals surface area contributed by atoms with Crippen LogP contribution in [0.4, 0.5) is 0 Å². The SMILES string of the molecule is COC1CN(CC(C)(C)C(C)=O)CC1OC. The van der Waals surface area contributed by atoms with E-state index in [1.807, 2.05) is 13.8 Å². The number of Topliss-reactive ketones (excluding diaryl/α,β-unsaturated/α-hetero) is 1. The summed E-state index contributed by atoms with van der Waals surface area (Å²) in [6.07, 6.45) is 0.237. The fourth-order valence-electron chi connectivity index (χ4n) is 2.07. The molecule has 4 heteroatoms. The Morgan fingerprint density at radius 3 is 2.00 bits per heavy atom. The molecule has 1 rings (SSSR count). The van der Waals surface area contributed by atoms with Crippen LogP contribution in [0.1, 0.15) is 20.8 Å². The average molecular weight is 229 g/mol. The van der Waals surface area contributed by atoms with E-state index in [-0.39, 0.29) is 23.4 Å². The Hall–Kier alpha value is -0.450. The Balaban J connectivity index is 2.55. The van der Waals surface area contributed by atoms with Crippen LogP contribution in [0, 0.1) is 5.41 Å². The minimum absolute atomic E-state index is 0.118. The highest BCUT2D eigenvalue weighted by atomic mass is 16.5. The maximum absolute atomic E-state index is 11.5. The molecule has 0 aromatic heterocycles. The maximum Gasteiger partial charge on any atom is 0.136 e. The number of ketones is 1. The zero-order valence-corrected chi connectivity index (χ0v) is 10.9. The number of nitrogens with zero attached hydrogens (tertiary/aromatic N) is 1. The molecule has 0 N–H and O–H groups in total. The van der Waals surface area contributed by atoms with E-state index in [1.54, 1.807) is 21.1 Å². The smallest absolute Gasteiger partial charge is 0.136 e. The number of hydrogen-bond acceptors (Lipinski definition) is 4. The van der Waals surface area contributed by atoms with Crippen molar-refractivity contribution in [2.75, 3.05) is 33.9 Å². The number of hydrogen-bond donors (Lipinski definition) is 0. The number of likely N-dealkylation sites (tertiary alicyclic amines) is 1. The summed E-state index contributed by atoms with van der Waals surface area (Å²) in [5, 5.41) is 0. The van der Waals surface area contributed by atoms with Crippen LogP contribution in [0.25, 0.3) is 0 Å². The molecule has 1 aliphatic rings. The van der Waals surface area contributed by atoms with Gasteiger partial charge < -0.3 is 9.47 Å². The molecule has 16 heavy (non-hydrogen) atoms. The van der Waals surface area contributed by atoms with Gasteiger partial charge in [-0.25, -0.2) is 0 Å². The van der Waals surface area contributed by atoms with Gasteiger partial charge in [0.05, 0.1) is 12.2 Å². The highest BCUT2D eigenvalue weighted by Gasteiger charge is 2.36. The highest BCUT2D eigenvalue weighted by molar-refractivity contribution is 5.81. The van der Waals surface area contributed by atoms with Crippen LogP contribution in [0.5, 0.6) is 0 Å². The second kappa shape index (κ2) is 5.25. The van der Waals surface area contributed by atoms with E-state index < -0.39 is 0 Å². The molecule has 0 radical (unpaired) electrons. The standard InChI is InChI=1S/C12H23NO3/c1-9(14)12(2,3)8-13-6-10(15-4)11(7-13)16-5/h10-11H,6-8H2,1-5H3. The minimum Gasteiger partial charge on any atom is -0.377 e. The van der Waals surface area contributed by atoms with Gasteiger partial charge in [-0.1, -0.05) is 13.8 Å². The summed E-state index contributed by atoms with van der Waals surface area (Å²) in [7, 11) is 3.41. The van der Waals surface area contributed by atoms with Crippen LogP contribution in [0.15, 0.2) is 0 Å². The zero-order valence-electron chi connectivity index (χ0n) is 10.9. The number of rotatable bonds is 5. The van der Waals surface area contributed by atoms with E-state index >= 15 is 0 Å². The summed E-state index contributed by atoms with van der Waals surface area (Å²) in [6.45, 7) is 8.06. The summed E-state index contributed by atoms with van der Waals surface area (Å²) in [5.74, 6) is 0.224. The van der Waals surface area contributed by atoms with Crippen molar-refractivity contribution >= 4 is 5.78 Å². The highest BCUT2D eigenvalue weighted by Crippen LogP contribution is 2.23. The Labute approximate surface area is 97.9 Å². The van der Waals surface area contributed by atoms with Gasteiger partial charge in [0.1, 0.15) is 5.78 Å². The van der Waals surface area contributed by atoms with Crippen molar-refractivity contribution in [1.82, 2.24) is 4.90 Å². The largest absolute Gasteiger partial charge is 0.377 e. The van der Waals surface area contributed by atoms with Crippen LogP contribution in [0.3, 0.4) is 0 Å². The predicted molar refractivity (Wildman–Crippen MR) is 62.5 cm³/mol. The van der Waals surface area contributed by atoms with Crippen LogP contribution in [0.2, 0.25) is 0 Å². The van der Waals surface area contributed by atoms with E-state index in [4.69, 9.17) is 9.47 Å². The molecule has 0 aliphatic carbocycles. The van der Waals surface area contributed by atoms with Gasteiger partial charge >= 0.3 is 0 Å². The molecular formula is C12H23NO3. The number of methoxy groups -OCH3 is 2. The van der Waals surface area contributed by atoms with E-state index in [2.05, 4.69) is 4.90 Å². The van der Waals surface area contributed by atoms with Gasteiger partial charge in [0.2, 0.25) is 0 Å². The van der Waals surface area contributed by atoms with Crippen molar-refractivity contribution in [1.29, 1.82) is 0 Å². The molecule has 4 nitrogen and oxygen atoms in total. The number of carbonyl (C=O) groups is 1. The molecule has 1 fully saturated rings. The van der Waals surface area contributed by atoms with Gasteiger partial charge in [0, 0.05) is 39.3 Å². The maximum atomic E-state index is 11.5. The first-order chi connectivity index (χ1) is 7.40. The van der Waals surface area contributed by atoms with Gasteiger partial charge in [-0.05, 0) is 6.92 Å². The van der Waals surface area contributed by atoms with E-state index in [1.165, 1.54) is 0 Å². The normalized spacial score (nSPS) is 27.3. The summed E-state index contributed by atoms with van der Waals surface area (Å²) in [4.78, 5) is 13.7. The van der Waals surface area contributed by atoms with Gasteiger partial charge in [0.25, 0.3) is 0 Å². The van der Waals surface area contributed by atoms with Gasteiger partial charge in [-0.2, -0.15) is 0 Å². The molecule has 2 atom stereocenters. The third-order valence-corrected chi connectivity index (χ3v) is 3.47. The zero-order chi connectivity index (χ0) is 12.3. The molecule has 0 spiro atoms. The quantitative estimate of drug-likeness (QED) is 0.703. The first-order valence-electron chi connectivity index (χ1n) is 5.69. The molecular weight excluding hydrogens is 206 g/mol. The molecule has 1 heterocycles. The molecule has 0 aromatic carbocycles. The average Bonchev–Trinajstić information content (AvgIpc) is 2.59. The summed E-state index contributed by atoms with van der Waals surface area (Å²) in [6, 6.07) is 0. The summed E-state index contributed by atoms with van der Waals surface area (Å²) < 4.78 is 10.7. The Morgan fingerprint density at radius 2 is 1.69 bits per heavy atom. The first-order valence-corrected chi connectivity index (χ1v) is 5.69. The molecule has 0 aromatic rings. The third kappa shape index (κ3) is 3.03. The molecule has 0 amide bonds. The van der Waals surface area contributed by atoms with Crippen LogP contribution in [-0.4, -0.2) is 56.7 Å². The summed E-state index contributed by atoms with van der Waals surface area (Å²) in [5.41, 5.74) is -0.291. The van der Waals surface area contributed by atoms with Gasteiger partial charge in [-0.3, -0.25) is 9.69 Å². The molecule has 1 aliphatic heterocycles. The van der Waals surface area contributed by atoms with Crippen LogP contribution < -0.4 is 0 Å². The van der Waals surface area contributed by atoms with Gasteiger partial charge in [0.15, 0.2) is 0 Å². The Morgan fingerprint density at radius 1 is 1.25 bits per heavy atom. The van der Waals surface area contributed by atoms with E-state index in [9.17, 15) is 4.79 Å². The lowest BCUT2D eigenvalue weighted by Crippen LogP contribution is -2.37. The predicted octanol–water partition coefficient (Wildman–Crippen LogP) is 0.947. The monoisotopic (exact) mass is 229 g/mol. The first kappa shape index (κ1) is 13.6. The lowest BCUT2D eigenvalue weighted by atomic mass is 9.88. The Bertz CT molecular complexity index is 241. The van der Waals surface area contributed by atoms with Crippen molar-refractivity contribution in [3.05, 3.63) is 0 Å². The minimum atomic E-state index is -0.291.